The molecule has 102 valence electrons. The molecule has 0 atom stereocenters. The number of nitrogens with zero attached hydrogens (tertiary/aromatic N) is 2. The molecular weight excluding hydrogens is 249 g/mol. The number of hydrogen-bond donors (Lipinski definition) is 3. The molecule has 19 heavy (non-hydrogen) atoms. The first-order valence-corrected chi connectivity index (χ1v) is 5.91. The van der Waals surface area contributed by atoms with E-state index in [0.717, 1.165) is 12.8 Å². The smallest absolute Gasteiger partial charge is 0.211 e. The van der Waals surface area contributed by atoms with Gasteiger partial charge in [0.25, 0.3) is 0 Å². The summed E-state index contributed by atoms with van der Waals surface area (Å²) in [5, 5.41) is 7.69. The number of nitrogens with two attached hydrogens (primary N) is 2. The van der Waals surface area contributed by atoms with Gasteiger partial charge in [-0.3, -0.25) is 4.79 Å². The van der Waals surface area contributed by atoms with E-state index in [1.54, 1.807) is 6.92 Å². The molecule has 0 bridgehead atoms. The molecule has 1 aromatic rings. The van der Waals surface area contributed by atoms with Crippen molar-refractivity contribution in [2.45, 2.75) is 25.8 Å². The summed E-state index contributed by atoms with van der Waals surface area (Å²) >= 11 is 0. The van der Waals surface area contributed by atoms with E-state index in [4.69, 9.17) is 11.6 Å². The molecule has 0 heterocycles. The highest BCUT2D eigenvalue weighted by molar-refractivity contribution is 5.99. The Bertz CT molecular complexity index is 527. The molecule has 0 saturated heterocycles. The van der Waals surface area contributed by atoms with E-state index in [1.165, 1.54) is 17.3 Å². The third-order valence-corrected chi connectivity index (χ3v) is 2.95. The molecule has 2 rings (SSSR count). The fourth-order valence-electron chi connectivity index (χ4n) is 1.69. The number of rotatable bonds is 5. The summed E-state index contributed by atoms with van der Waals surface area (Å²) in [4.78, 5) is 10.5. The maximum Gasteiger partial charge on any atom is 0.211 e. The number of hydrazone groups is 1. The van der Waals surface area contributed by atoms with Crippen molar-refractivity contribution in [3.05, 3.63) is 29.1 Å². The van der Waals surface area contributed by atoms with E-state index in [1.807, 2.05) is 0 Å². The van der Waals surface area contributed by atoms with Crippen LogP contribution >= 0.6 is 0 Å². The maximum absolute atomic E-state index is 13.9. The summed E-state index contributed by atoms with van der Waals surface area (Å²) < 4.78 is 13.9. The van der Waals surface area contributed by atoms with Gasteiger partial charge < -0.3 is 11.1 Å². The van der Waals surface area contributed by atoms with Gasteiger partial charge in [-0.05, 0) is 37.5 Å². The molecule has 1 aliphatic rings. The van der Waals surface area contributed by atoms with Gasteiger partial charge in [0.2, 0.25) is 6.41 Å². The molecule has 7 heteroatoms. The molecule has 1 aromatic carbocycles. The summed E-state index contributed by atoms with van der Waals surface area (Å²) in [5.41, 5.74) is 6.96. The molecule has 1 amide bonds. The summed E-state index contributed by atoms with van der Waals surface area (Å²) in [7, 11) is 0. The van der Waals surface area contributed by atoms with Gasteiger partial charge in [0.15, 0.2) is 5.84 Å². The van der Waals surface area contributed by atoms with Crippen molar-refractivity contribution in [1.82, 2.24) is 5.12 Å². The van der Waals surface area contributed by atoms with Gasteiger partial charge in [-0.1, -0.05) is 0 Å². The van der Waals surface area contributed by atoms with Crippen LogP contribution in [0, 0.1) is 12.7 Å². The van der Waals surface area contributed by atoms with Crippen molar-refractivity contribution in [2.24, 2.45) is 16.7 Å². The lowest BCUT2D eigenvalue weighted by molar-refractivity contribution is -0.105. The van der Waals surface area contributed by atoms with Gasteiger partial charge >= 0.3 is 0 Å². The molecule has 6 nitrogen and oxygen atoms in total. The van der Waals surface area contributed by atoms with Gasteiger partial charge in [-0.25, -0.2) is 15.4 Å². The minimum absolute atomic E-state index is 0.0131. The minimum atomic E-state index is -0.501. The highest BCUT2D eigenvalue weighted by Gasteiger charge is 2.27. The van der Waals surface area contributed by atoms with Gasteiger partial charge in [0, 0.05) is 5.69 Å². The van der Waals surface area contributed by atoms with E-state index < -0.39 is 5.82 Å². The van der Waals surface area contributed by atoms with E-state index in [9.17, 15) is 9.18 Å². The van der Waals surface area contributed by atoms with E-state index in [0.29, 0.717) is 17.7 Å². The first-order chi connectivity index (χ1) is 9.02. The summed E-state index contributed by atoms with van der Waals surface area (Å²) in [6.45, 7) is 1.69. The van der Waals surface area contributed by atoms with Crippen LogP contribution in [0.3, 0.4) is 0 Å². The molecule has 1 saturated carbocycles. The highest BCUT2D eigenvalue weighted by Crippen LogP contribution is 2.25. The van der Waals surface area contributed by atoms with Crippen LogP contribution in [0.2, 0.25) is 0 Å². The Kier molecular flexibility index (Phi) is 3.66. The summed E-state index contributed by atoms with van der Waals surface area (Å²) in [5.74, 6) is 5.15. The topological polar surface area (TPSA) is 96.7 Å². The van der Waals surface area contributed by atoms with Crippen LogP contribution in [0.25, 0.3) is 0 Å². The Morgan fingerprint density at radius 2 is 2.26 bits per heavy atom. The van der Waals surface area contributed by atoms with Gasteiger partial charge in [0.05, 0.1) is 11.6 Å². The zero-order valence-corrected chi connectivity index (χ0v) is 10.6. The van der Waals surface area contributed by atoms with Crippen molar-refractivity contribution in [3.63, 3.8) is 0 Å². The van der Waals surface area contributed by atoms with Crippen LogP contribution in [0.15, 0.2) is 17.2 Å². The second-order valence-corrected chi connectivity index (χ2v) is 4.51. The van der Waals surface area contributed by atoms with E-state index >= 15 is 0 Å². The normalized spacial score (nSPS) is 15.2. The first kappa shape index (κ1) is 13.3. The predicted octanol–water partition coefficient (Wildman–Crippen LogP) is 0.661. The SMILES string of the molecule is Cc1cc(F)c(/C(N)=N/N(N)C2CC2)cc1NC=O. The van der Waals surface area contributed by atoms with Crippen LogP contribution in [0.5, 0.6) is 0 Å². The van der Waals surface area contributed by atoms with Crippen LogP contribution in [0.1, 0.15) is 24.0 Å². The molecule has 0 aliphatic heterocycles. The quantitative estimate of drug-likeness (QED) is 0.239. The number of amidine groups is 1. The highest BCUT2D eigenvalue weighted by atomic mass is 19.1. The van der Waals surface area contributed by atoms with Crippen LogP contribution < -0.4 is 16.9 Å². The molecule has 0 unspecified atom stereocenters. The first-order valence-electron chi connectivity index (χ1n) is 5.91. The fraction of sp³-hybridized carbons (Fsp3) is 0.333. The van der Waals surface area contributed by atoms with E-state index in [-0.39, 0.29) is 17.4 Å². The minimum Gasteiger partial charge on any atom is -0.382 e. The molecule has 0 radical (unpaired) electrons. The average Bonchev–Trinajstić information content (AvgIpc) is 3.16. The lowest BCUT2D eigenvalue weighted by Crippen LogP contribution is -2.31. The monoisotopic (exact) mass is 265 g/mol. The number of hydrazine groups is 1. The molecule has 0 spiro atoms. The van der Waals surface area contributed by atoms with Crippen LogP contribution in [-0.4, -0.2) is 23.4 Å². The predicted molar refractivity (Wildman–Crippen MR) is 70.6 cm³/mol. The Hall–Kier alpha value is -2.15. The van der Waals surface area contributed by atoms with Crippen molar-refractivity contribution >= 4 is 17.9 Å². The molecule has 1 aliphatic carbocycles. The number of amides is 1. The Morgan fingerprint density at radius 3 is 2.84 bits per heavy atom. The number of anilines is 1. The number of benzene rings is 1. The maximum atomic E-state index is 13.9. The largest absolute Gasteiger partial charge is 0.382 e. The lowest BCUT2D eigenvalue weighted by atomic mass is 10.1. The number of halogens is 1. The number of carbonyl (C=O) groups excluding carboxylic acids is 1. The second-order valence-electron chi connectivity index (χ2n) is 4.51. The molecule has 0 aromatic heterocycles. The Balaban J connectivity index is 2.31. The van der Waals surface area contributed by atoms with Gasteiger partial charge in [-0.2, -0.15) is 0 Å². The standard InChI is InChI=1S/C12H16FN5O/c1-7-4-10(13)9(5-11(7)16-6-19)12(14)17-18(15)8-2-3-8/h4-6,8H,2-3,15H2,1H3,(H2,14,17)(H,16,19). The fourth-order valence-corrected chi connectivity index (χ4v) is 1.69. The van der Waals surface area contributed by atoms with E-state index in [2.05, 4.69) is 10.4 Å². The number of aryl methyl sites for hydroxylation is 1. The van der Waals surface area contributed by atoms with Crippen molar-refractivity contribution in [2.75, 3.05) is 5.32 Å². The zero-order valence-electron chi connectivity index (χ0n) is 10.6. The van der Waals surface area contributed by atoms with Gasteiger partial charge in [-0.15, -0.1) is 5.10 Å². The van der Waals surface area contributed by atoms with Crippen molar-refractivity contribution in [1.29, 1.82) is 0 Å². The third-order valence-electron chi connectivity index (χ3n) is 2.95. The number of hydrogen-bond acceptors (Lipinski definition) is 4. The zero-order chi connectivity index (χ0) is 14.0. The summed E-state index contributed by atoms with van der Waals surface area (Å²) in [6.07, 6.45) is 2.44. The molecular formula is C12H16FN5O. The Labute approximate surface area is 110 Å². The Morgan fingerprint density at radius 1 is 1.58 bits per heavy atom. The van der Waals surface area contributed by atoms with Crippen molar-refractivity contribution in [3.8, 4) is 0 Å². The lowest BCUT2D eigenvalue weighted by Gasteiger charge is -2.13. The van der Waals surface area contributed by atoms with Crippen LogP contribution in [0.4, 0.5) is 10.1 Å². The molecule has 1 fully saturated rings. The number of nitrogens with one attached hydrogen (secondary N) is 1. The van der Waals surface area contributed by atoms with Crippen LogP contribution in [-0.2, 0) is 4.79 Å². The number of carbonyl (C=O) groups is 1. The van der Waals surface area contributed by atoms with Crippen molar-refractivity contribution < 1.29 is 9.18 Å². The third kappa shape index (κ3) is 3.00. The average molecular weight is 265 g/mol. The van der Waals surface area contributed by atoms with Gasteiger partial charge in [0.1, 0.15) is 5.82 Å². The summed E-state index contributed by atoms with van der Waals surface area (Å²) in [6, 6.07) is 2.92. The second kappa shape index (κ2) is 5.23. The molecule has 5 N–H and O–H groups in total.